The third-order valence-corrected chi connectivity index (χ3v) is 1.39. The van der Waals surface area contributed by atoms with Gasteiger partial charge in [0, 0.05) is 12.1 Å². The minimum atomic E-state index is 0.232. The molecular weight excluding hydrogens is 138 g/mol. The molecule has 0 aliphatic rings. The minimum Gasteiger partial charge on any atom is -0.388 e. The largest absolute Gasteiger partial charge is 0.388 e. The smallest absolute Gasteiger partial charge is 0.0905 e. The van der Waals surface area contributed by atoms with Gasteiger partial charge in [-0.05, 0) is 25.3 Å². The van der Waals surface area contributed by atoms with Crippen LogP contribution >= 0.6 is 0 Å². The Kier molecular flexibility index (Phi) is 5.07. The maximum atomic E-state index is 7.22. The Hall–Kier alpha value is -1.12. The van der Waals surface area contributed by atoms with Crippen LogP contribution < -0.4 is 5.73 Å². The third kappa shape index (κ3) is 6.77. The van der Waals surface area contributed by atoms with Crippen molar-refractivity contribution in [1.29, 1.82) is 10.8 Å². The Balaban J connectivity index is 3.21. The number of nitrogens with two attached hydrogens (primary N) is 1. The maximum Gasteiger partial charge on any atom is 0.0905 e. The quantitative estimate of drug-likeness (QED) is 0.303. The highest BCUT2D eigenvalue weighted by Crippen LogP contribution is 2.00. The molecule has 0 saturated carbocycles. The van der Waals surface area contributed by atoms with Crippen molar-refractivity contribution in [3.63, 3.8) is 0 Å². The molecule has 3 heteroatoms. The van der Waals surface area contributed by atoms with Crippen LogP contribution in [0, 0.1) is 10.8 Å². The predicted octanol–water partition coefficient (Wildman–Crippen LogP) is 1.69. The topological polar surface area (TPSA) is 73.7 Å². The molecule has 0 saturated heterocycles. The third-order valence-electron chi connectivity index (χ3n) is 1.39. The first-order valence-corrected chi connectivity index (χ1v) is 3.69. The van der Waals surface area contributed by atoms with Gasteiger partial charge in [0.05, 0.1) is 5.84 Å². The van der Waals surface area contributed by atoms with E-state index in [2.05, 4.69) is 6.58 Å². The molecule has 0 aromatic heterocycles. The van der Waals surface area contributed by atoms with Crippen LogP contribution in [0.2, 0.25) is 0 Å². The van der Waals surface area contributed by atoms with E-state index in [4.69, 9.17) is 16.6 Å². The molecule has 0 amide bonds. The maximum absolute atomic E-state index is 7.22. The van der Waals surface area contributed by atoms with Crippen LogP contribution in [0.5, 0.6) is 0 Å². The summed E-state index contributed by atoms with van der Waals surface area (Å²) >= 11 is 0. The first-order valence-electron chi connectivity index (χ1n) is 3.69. The van der Waals surface area contributed by atoms with Gasteiger partial charge >= 0.3 is 0 Å². The van der Waals surface area contributed by atoms with E-state index in [0.29, 0.717) is 12.1 Å². The SMILES string of the molecule is C=CC(=N)CCCCC(=N)N. The molecule has 0 aliphatic carbocycles. The van der Waals surface area contributed by atoms with Crippen LogP contribution in [0.4, 0.5) is 0 Å². The Morgan fingerprint density at radius 1 is 1.27 bits per heavy atom. The molecule has 11 heavy (non-hydrogen) atoms. The molecule has 0 rings (SSSR count). The first-order chi connectivity index (χ1) is 5.16. The minimum absolute atomic E-state index is 0.232. The van der Waals surface area contributed by atoms with Gasteiger partial charge in [0.25, 0.3) is 0 Å². The summed E-state index contributed by atoms with van der Waals surface area (Å²) in [4.78, 5) is 0. The van der Waals surface area contributed by atoms with E-state index in [0.717, 1.165) is 19.3 Å². The zero-order valence-corrected chi connectivity index (χ0v) is 6.69. The summed E-state index contributed by atoms with van der Waals surface area (Å²) in [7, 11) is 0. The summed E-state index contributed by atoms with van der Waals surface area (Å²) in [6.07, 6.45) is 4.75. The number of allylic oxidation sites excluding steroid dienone is 1. The Labute approximate surface area is 67.3 Å². The number of hydrogen-bond acceptors (Lipinski definition) is 2. The summed E-state index contributed by atoms with van der Waals surface area (Å²) in [6.45, 7) is 3.48. The van der Waals surface area contributed by atoms with Crippen molar-refractivity contribution >= 4 is 11.5 Å². The highest BCUT2D eigenvalue weighted by atomic mass is 14.7. The molecule has 0 aromatic carbocycles. The van der Waals surface area contributed by atoms with E-state index in [9.17, 15) is 0 Å². The fourth-order valence-corrected chi connectivity index (χ4v) is 0.733. The van der Waals surface area contributed by atoms with Crippen molar-refractivity contribution in [3.05, 3.63) is 12.7 Å². The Morgan fingerprint density at radius 2 is 1.82 bits per heavy atom. The van der Waals surface area contributed by atoms with Crippen LogP contribution in [-0.4, -0.2) is 11.5 Å². The average Bonchev–Trinajstić information content (AvgIpc) is 1.97. The van der Waals surface area contributed by atoms with Crippen LogP contribution in [0.25, 0.3) is 0 Å². The zero-order chi connectivity index (χ0) is 8.69. The molecule has 0 atom stereocenters. The molecule has 0 radical (unpaired) electrons. The summed E-state index contributed by atoms with van der Waals surface area (Å²) in [5.41, 5.74) is 5.71. The van der Waals surface area contributed by atoms with E-state index in [1.807, 2.05) is 0 Å². The van der Waals surface area contributed by atoms with Gasteiger partial charge in [0.1, 0.15) is 0 Å². The van der Waals surface area contributed by atoms with Crippen LogP contribution in [-0.2, 0) is 0 Å². The Bertz CT molecular complexity index is 161. The summed E-state index contributed by atoms with van der Waals surface area (Å²) < 4.78 is 0. The fourth-order valence-electron chi connectivity index (χ4n) is 0.733. The lowest BCUT2D eigenvalue weighted by Crippen LogP contribution is -2.08. The molecule has 0 fully saturated rings. The number of rotatable bonds is 6. The molecule has 0 unspecified atom stereocenters. The summed E-state index contributed by atoms with van der Waals surface area (Å²) in [5, 5.41) is 14.1. The van der Waals surface area contributed by atoms with Crippen molar-refractivity contribution in [3.8, 4) is 0 Å². The van der Waals surface area contributed by atoms with Gasteiger partial charge in [0.15, 0.2) is 0 Å². The summed E-state index contributed by atoms with van der Waals surface area (Å²) in [5.74, 6) is 0.232. The van der Waals surface area contributed by atoms with Crippen molar-refractivity contribution in [2.75, 3.05) is 0 Å². The van der Waals surface area contributed by atoms with Crippen LogP contribution in [0.15, 0.2) is 12.7 Å². The number of hydrogen-bond donors (Lipinski definition) is 3. The molecule has 0 spiro atoms. The first kappa shape index (κ1) is 9.88. The van der Waals surface area contributed by atoms with Gasteiger partial charge in [-0.1, -0.05) is 6.58 Å². The van der Waals surface area contributed by atoms with Gasteiger partial charge in [0.2, 0.25) is 0 Å². The van der Waals surface area contributed by atoms with Crippen molar-refractivity contribution < 1.29 is 0 Å². The lowest BCUT2D eigenvalue weighted by molar-refractivity contribution is 0.789. The standard InChI is InChI=1S/C8H15N3/c1-2-7(9)5-3-4-6-8(10)11/h2,9H,1,3-6H2,(H3,10,11). The zero-order valence-electron chi connectivity index (χ0n) is 6.69. The van der Waals surface area contributed by atoms with E-state index in [1.54, 1.807) is 6.08 Å². The second-order valence-corrected chi connectivity index (χ2v) is 2.46. The molecule has 0 aromatic rings. The number of unbranched alkanes of at least 4 members (excludes halogenated alkanes) is 1. The van der Waals surface area contributed by atoms with Gasteiger partial charge in [-0.2, -0.15) is 0 Å². The molecule has 0 bridgehead atoms. The predicted molar refractivity (Wildman–Crippen MR) is 48.3 cm³/mol. The van der Waals surface area contributed by atoms with Gasteiger partial charge in [-0.15, -0.1) is 0 Å². The molecule has 0 heterocycles. The highest BCUT2D eigenvalue weighted by molar-refractivity contribution is 5.91. The lowest BCUT2D eigenvalue weighted by Gasteiger charge is -1.97. The van der Waals surface area contributed by atoms with E-state index in [-0.39, 0.29) is 5.84 Å². The normalized spacial score (nSPS) is 9.09. The van der Waals surface area contributed by atoms with E-state index < -0.39 is 0 Å². The second kappa shape index (κ2) is 5.65. The number of amidine groups is 1. The molecule has 62 valence electrons. The lowest BCUT2D eigenvalue weighted by atomic mass is 10.1. The highest BCUT2D eigenvalue weighted by Gasteiger charge is 1.93. The second-order valence-electron chi connectivity index (χ2n) is 2.46. The fraction of sp³-hybridized carbons (Fsp3) is 0.500. The van der Waals surface area contributed by atoms with E-state index in [1.165, 1.54) is 0 Å². The van der Waals surface area contributed by atoms with Crippen molar-refractivity contribution in [2.24, 2.45) is 5.73 Å². The summed E-state index contributed by atoms with van der Waals surface area (Å²) in [6, 6.07) is 0. The number of nitrogens with one attached hydrogen (secondary N) is 2. The average molecular weight is 153 g/mol. The molecule has 3 nitrogen and oxygen atoms in total. The Morgan fingerprint density at radius 3 is 2.27 bits per heavy atom. The molecule has 0 aliphatic heterocycles. The molecule has 4 N–H and O–H groups in total. The van der Waals surface area contributed by atoms with Gasteiger partial charge < -0.3 is 11.1 Å². The van der Waals surface area contributed by atoms with E-state index >= 15 is 0 Å². The monoisotopic (exact) mass is 153 g/mol. The van der Waals surface area contributed by atoms with Crippen LogP contribution in [0.3, 0.4) is 0 Å². The van der Waals surface area contributed by atoms with Crippen molar-refractivity contribution in [1.82, 2.24) is 0 Å². The van der Waals surface area contributed by atoms with Gasteiger partial charge in [-0.3, -0.25) is 5.41 Å². The van der Waals surface area contributed by atoms with Crippen LogP contribution in [0.1, 0.15) is 25.7 Å². The van der Waals surface area contributed by atoms with Gasteiger partial charge in [-0.25, -0.2) is 0 Å². The molecular formula is C8H15N3. The van der Waals surface area contributed by atoms with Crippen molar-refractivity contribution in [2.45, 2.75) is 25.7 Å².